The van der Waals surface area contributed by atoms with Gasteiger partial charge in [-0.2, -0.15) is 0 Å². The zero-order valence-electron chi connectivity index (χ0n) is 18.8. The third-order valence-electron chi connectivity index (χ3n) is 5.01. The molecule has 2 amide bonds. The molecule has 0 heterocycles. The first kappa shape index (κ1) is 25.7. The Kier molecular flexibility index (Phi) is 9.09. The molecule has 0 radical (unpaired) electrons. The molecule has 174 valence electrons. The van der Waals surface area contributed by atoms with Gasteiger partial charge in [-0.1, -0.05) is 60.5 Å². The van der Waals surface area contributed by atoms with E-state index < -0.39 is 28.5 Å². The average molecular weight is 480 g/mol. The molecule has 0 bridgehead atoms. The topological polar surface area (TPSA) is 86.8 Å². The molecule has 0 saturated heterocycles. The quantitative estimate of drug-likeness (QED) is 0.566. The first-order valence-corrected chi connectivity index (χ1v) is 12.7. The molecular weight excluding hydrogens is 450 g/mol. The molecular formula is C23H30ClN3O4S. The summed E-state index contributed by atoms with van der Waals surface area (Å²) in [6, 6.07) is 13.3. The van der Waals surface area contributed by atoms with Crippen molar-refractivity contribution in [3.05, 3.63) is 64.7 Å². The van der Waals surface area contributed by atoms with E-state index in [0.717, 1.165) is 21.7 Å². The molecule has 2 aromatic carbocycles. The monoisotopic (exact) mass is 479 g/mol. The predicted octanol–water partition coefficient (Wildman–Crippen LogP) is 3.36. The third-order valence-corrected chi connectivity index (χ3v) is 6.46. The van der Waals surface area contributed by atoms with E-state index in [1.165, 1.54) is 4.90 Å². The van der Waals surface area contributed by atoms with Crippen molar-refractivity contribution < 1.29 is 18.0 Å². The average Bonchev–Trinajstić information content (AvgIpc) is 2.73. The second-order valence-corrected chi connectivity index (χ2v) is 9.86. The van der Waals surface area contributed by atoms with Crippen molar-refractivity contribution >= 4 is 39.1 Å². The van der Waals surface area contributed by atoms with Crippen LogP contribution in [-0.4, -0.2) is 50.5 Å². The number of benzene rings is 2. The Morgan fingerprint density at radius 2 is 1.69 bits per heavy atom. The summed E-state index contributed by atoms with van der Waals surface area (Å²) < 4.78 is 26.0. The van der Waals surface area contributed by atoms with E-state index in [9.17, 15) is 18.0 Å². The third kappa shape index (κ3) is 6.71. The fourth-order valence-corrected chi connectivity index (χ4v) is 4.50. The van der Waals surface area contributed by atoms with Crippen LogP contribution < -0.4 is 9.62 Å². The highest BCUT2D eigenvalue weighted by atomic mass is 35.5. The maximum absolute atomic E-state index is 13.5. The molecule has 0 fully saturated rings. The van der Waals surface area contributed by atoms with Crippen LogP contribution in [-0.2, 0) is 26.2 Å². The fourth-order valence-electron chi connectivity index (χ4n) is 3.35. The number of amides is 2. The highest BCUT2D eigenvalue weighted by molar-refractivity contribution is 7.92. The number of hydrogen-bond donors (Lipinski definition) is 1. The van der Waals surface area contributed by atoms with Gasteiger partial charge in [0, 0.05) is 13.1 Å². The van der Waals surface area contributed by atoms with Gasteiger partial charge >= 0.3 is 0 Å². The van der Waals surface area contributed by atoms with E-state index >= 15 is 0 Å². The smallest absolute Gasteiger partial charge is 0.244 e. The van der Waals surface area contributed by atoms with Gasteiger partial charge in [-0.15, -0.1) is 0 Å². The largest absolute Gasteiger partial charge is 0.355 e. The van der Waals surface area contributed by atoms with Gasteiger partial charge in [0.15, 0.2) is 0 Å². The Morgan fingerprint density at radius 3 is 2.22 bits per heavy atom. The van der Waals surface area contributed by atoms with Crippen LogP contribution in [0.3, 0.4) is 0 Å². The van der Waals surface area contributed by atoms with Crippen LogP contribution >= 0.6 is 11.6 Å². The lowest BCUT2D eigenvalue weighted by Gasteiger charge is -2.33. The number of nitrogens with one attached hydrogen (secondary N) is 1. The van der Waals surface area contributed by atoms with Crippen LogP contribution in [0.4, 0.5) is 5.69 Å². The summed E-state index contributed by atoms with van der Waals surface area (Å²) in [7, 11) is -3.81. The summed E-state index contributed by atoms with van der Waals surface area (Å²) in [4.78, 5) is 27.6. The lowest BCUT2D eigenvalue weighted by Crippen LogP contribution is -2.52. The molecule has 2 rings (SSSR count). The molecule has 32 heavy (non-hydrogen) atoms. The van der Waals surface area contributed by atoms with Crippen LogP contribution in [0.25, 0.3) is 0 Å². The normalized spacial score (nSPS) is 12.2. The number of carbonyl (C=O) groups excluding carboxylic acids is 2. The van der Waals surface area contributed by atoms with Crippen LogP contribution in [0.5, 0.6) is 0 Å². The second kappa shape index (κ2) is 11.3. The minimum absolute atomic E-state index is 0.175. The summed E-state index contributed by atoms with van der Waals surface area (Å²) in [5, 5.41) is 2.98. The molecule has 1 N–H and O–H groups in total. The molecule has 0 unspecified atom stereocenters. The minimum atomic E-state index is -3.81. The molecule has 9 heteroatoms. The Balaban J connectivity index is 2.43. The minimum Gasteiger partial charge on any atom is -0.355 e. The summed E-state index contributed by atoms with van der Waals surface area (Å²) in [5.74, 6) is -0.770. The Bertz CT molecular complexity index is 1040. The molecule has 0 aliphatic rings. The van der Waals surface area contributed by atoms with E-state index in [0.29, 0.717) is 13.0 Å². The maximum atomic E-state index is 13.5. The lowest BCUT2D eigenvalue weighted by atomic mass is 10.1. The van der Waals surface area contributed by atoms with Gasteiger partial charge in [-0.3, -0.25) is 13.9 Å². The number of hydrogen-bond acceptors (Lipinski definition) is 4. The van der Waals surface area contributed by atoms with E-state index in [2.05, 4.69) is 5.32 Å². The molecule has 7 nitrogen and oxygen atoms in total. The summed E-state index contributed by atoms with van der Waals surface area (Å²) in [6.07, 6.45) is 1.41. The van der Waals surface area contributed by atoms with E-state index in [4.69, 9.17) is 11.6 Å². The number of halogens is 1. The van der Waals surface area contributed by atoms with Gasteiger partial charge in [0.1, 0.15) is 12.6 Å². The fraction of sp³-hybridized carbons (Fsp3) is 0.391. The zero-order chi connectivity index (χ0) is 23.9. The Morgan fingerprint density at radius 1 is 1.06 bits per heavy atom. The number of anilines is 1. The van der Waals surface area contributed by atoms with E-state index in [-0.39, 0.29) is 23.2 Å². The number of likely N-dealkylation sites (N-methyl/N-ethyl adjacent to an activating group) is 1. The molecule has 1 atom stereocenters. The highest BCUT2D eigenvalue weighted by Gasteiger charge is 2.32. The van der Waals surface area contributed by atoms with E-state index in [1.54, 1.807) is 31.2 Å². The molecule has 0 spiro atoms. The van der Waals surface area contributed by atoms with Gasteiger partial charge in [-0.25, -0.2) is 8.42 Å². The number of nitrogens with zero attached hydrogens (tertiary/aromatic N) is 2. The van der Waals surface area contributed by atoms with Crippen LogP contribution in [0.15, 0.2) is 48.5 Å². The number of carbonyl (C=O) groups is 2. The summed E-state index contributed by atoms with van der Waals surface area (Å²) in [5.41, 5.74) is 2.13. The molecule has 0 aromatic heterocycles. The number of aryl methyl sites for hydroxylation is 1. The van der Waals surface area contributed by atoms with Gasteiger partial charge in [0.25, 0.3) is 0 Å². The van der Waals surface area contributed by atoms with Gasteiger partial charge < -0.3 is 10.2 Å². The van der Waals surface area contributed by atoms with Crippen LogP contribution in [0, 0.1) is 6.92 Å². The lowest BCUT2D eigenvalue weighted by molar-refractivity contribution is -0.140. The predicted molar refractivity (Wildman–Crippen MR) is 128 cm³/mol. The van der Waals surface area contributed by atoms with Crippen LogP contribution in [0.1, 0.15) is 31.4 Å². The first-order valence-electron chi connectivity index (χ1n) is 10.4. The van der Waals surface area contributed by atoms with Gasteiger partial charge in [0.05, 0.1) is 17.0 Å². The van der Waals surface area contributed by atoms with Crippen molar-refractivity contribution in [1.82, 2.24) is 10.2 Å². The molecule has 0 aliphatic heterocycles. The number of para-hydroxylation sites is 1. The maximum Gasteiger partial charge on any atom is 0.244 e. The molecule has 0 aliphatic carbocycles. The SMILES string of the molecule is CCNC(=O)[C@H](CC)N(Cc1ccc(C)cc1)C(=O)CN(c1ccccc1Cl)S(C)(=O)=O. The van der Waals surface area contributed by atoms with Crippen molar-refractivity contribution in [2.75, 3.05) is 23.7 Å². The van der Waals surface area contributed by atoms with Crippen LogP contribution in [0.2, 0.25) is 5.02 Å². The van der Waals surface area contributed by atoms with Crippen molar-refractivity contribution in [3.63, 3.8) is 0 Å². The van der Waals surface area contributed by atoms with E-state index in [1.807, 2.05) is 38.1 Å². The zero-order valence-corrected chi connectivity index (χ0v) is 20.4. The van der Waals surface area contributed by atoms with Crippen molar-refractivity contribution in [2.45, 2.75) is 39.8 Å². The Hall–Kier alpha value is -2.58. The van der Waals surface area contributed by atoms with Crippen molar-refractivity contribution in [3.8, 4) is 0 Å². The summed E-state index contributed by atoms with van der Waals surface area (Å²) in [6.45, 7) is 5.72. The summed E-state index contributed by atoms with van der Waals surface area (Å²) >= 11 is 6.22. The highest BCUT2D eigenvalue weighted by Crippen LogP contribution is 2.27. The Labute approximate surface area is 195 Å². The van der Waals surface area contributed by atoms with Crippen molar-refractivity contribution in [2.24, 2.45) is 0 Å². The van der Waals surface area contributed by atoms with Crippen molar-refractivity contribution in [1.29, 1.82) is 0 Å². The van der Waals surface area contributed by atoms with Gasteiger partial charge in [-0.05, 0) is 38.0 Å². The standard InChI is InChI=1S/C23H30ClN3O4S/c1-5-20(23(29)25-6-2)26(15-18-13-11-17(3)12-14-18)22(28)16-27(32(4,30)31)21-10-8-7-9-19(21)24/h7-14,20H,5-6,15-16H2,1-4H3,(H,25,29)/t20-/m0/s1. The van der Waals surface area contributed by atoms with Gasteiger partial charge in [0.2, 0.25) is 21.8 Å². The molecule has 0 saturated carbocycles. The molecule has 2 aromatic rings. The second-order valence-electron chi connectivity index (χ2n) is 7.55. The first-order chi connectivity index (χ1) is 15.1. The number of sulfonamides is 1. The number of rotatable bonds is 10.